The topological polar surface area (TPSA) is 61.7 Å². The lowest BCUT2D eigenvalue weighted by Crippen LogP contribution is -2.17. The number of amides is 2. The Balaban J connectivity index is 1.73. The predicted octanol–water partition coefficient (Wildman–Crippen LogP) is 4.62. The van der Waals surface area contributed by atoms with E-state index in [9.17, 15) is 4.79 Å². The Labute approximate surface area is 165 Å². The summed E-state index contributed by atoms with van der Waals surface area (Å²) in [6.07, 6.45) is 8.29. The normalized spacial score (nSPS) is 17.1. The average molecular weight is 375 g/mol. The third-order valence-electron chi connectivity index (χ3n) is 5.03. The van der Waals surface area contributed by atoms with Gasteiger partial charge in [0.15, 0.2) is 11.5 Å². The number of ether oxygens (including phenoxy) is 2. The zero-order valence-electron chi connectivity index (χ0n) is 15.9. The van der Waals surface area contributed by atoms with Crippen LogP contribution in [0.1, 0.15) is 36.8 Å². The molecule has 1 radical (unpaired) electrons. The summed E-state index contributed by atoms with van der Waals surface area (Å²) in [6, 6.07) is 15.7. The quantitative estimate of drug-likeness (QED) is 0.801. The molecule has 0 aromatic heterocycles. The second kappa shape index (κ2) is 8.21. The van der Waals surface area contributed by atoms with Gasteiger partial charge < -0.3 is 14.8 Å². The Morgan fingerprint density at radius 3 is 2.54 bits per heavy atom. The van der Waals surface area contributed by atoms with Crippen molar-refractivity contribution in [1.82, 2.24) is 10.6 Å². The Bertz CT molecular complexity index is 913. The van der Waals surface area contributed by atoms with Crippen molar-refractivity contribution in [2.24, 2.45) is 0 Å². The summed E-state index contributed by atoms with van der Waals surface area (Å²) >= 11 is 0. The van der Waals surface area contributed by atoms with E-state index >= 15 is 0 Å². The van der Waals surface area contributed by atoms with Crippen molar-refractivity contribution in [2.45, 2.75) is 31.8 Å². The molecule has 2 amide bonds. The van der Waals surface area contributed by atoms with E-state index < -0.39 is 0 Å². The molecule has 5 heteroatoms. The van der Waals surface area contributed by atoms with Gasteiger partial charge in [0.05, 0.1) is 25.1 Å². The number of hydrogen-bond acceptors (Lipinski definition) is 3. The number of rotatable bonds is 6. The molecule has 0 saturated heterocycles. The van der Waals surface area contributed by atoms with E-state index in [0.29, 0.717) is 5.70 Å². The summed E-state index contributed by atoms with van der Waals surface area (Å²) < 4.78 is 11.8. The molecular weight excluding hydrogens is 352 g/mol. The summed E-state index contributed by atoms with van der Waals surface area (Å²) in [5, 5.41) is 6.51. The number of benzene rings is 2. The molecule has 2 aliphatic rings. The van der Waals surface area contributed by atoms with Gasteiger partial charge in [-0.05, 0) is 60.6 Å². The number of carbonyl (C=O) groups is 1. The number of urea groups is 1. The van der Waals surface area contributed by atoms with Crippen LogP contribution < -0.4 is 20.1 Å². The van der Waals surface area contributed by atoms with Crippen LogP contribution in [0.5, 0.6) is 11.5 Å². The van der Waals surface area contributed by atoms with Gasteiger partial charge in [0.25, 0.3) is 0 Å². The number of carbonyl (C=O) groups excluding carboxylic acids is 1. The first-order chi connectivity index (χ1) is 13.7. The van der Waals surface area contributed by atoms with E-state index in [1.54, 1.807) is 13.3 Å². The molecule has 4 rings (SSSR count). The van der Waals surface area contributed by atoms with Crippen LogP contribution in [-0.2, 0) is 0 Å². The highest BCUT2D eigenvalue weighted by Gasteiger charge is 2.20. The van der Waals surface area contributed by atoms with Gasteiger partial charge in [0, 0.05) is 0 Å². The second-order valence-electron chi connectivity index (χ2n) is 6.96. The van der Waals surface area contributed by atoms with Gasteiger partial charge in [-0.1, -0.05) is 36.4 Å². The largest absolute Gasteiger partial charge is 0.493 e. The van der Waals surface area contributed by atoms with Crippen molar-refractivity contribution in [3.8, 4) is 11.5 Å². The molecule has 1 aliphatic heterocycles. The van der Waals surface area contributed by atoms with Crippen LogP contribution in [-0.4, -0.2) is 19.2 Å². The van der Waals surface area contributed by atoms with Crippen LogP contribution in [0.25, 0.3) is 5.57 Å². The summed E-state index contributed by atoms with van der Waals surface area (Å²) in [7, 11) is 1.66. The van der Waals surface area contributed by atoms with E-state index in [4.69, 9.17) is 9.47 Å². The van der Waals surface area contributed by atoms with Crippen molar-refractivity contribution in [1.29, 1.82) is 0 Å². The summed E-state index contributed by atoms with van der Waals surface area (Å²) in [6.45, 7) is 0. The monoisotopic (exact) mass is 375 g/mol. The van der Waals surface area contributed by atoms with Gasteiger partial charge in [-0.25, -0.2) is 4.79 Å². The van der Waals surface area contributed by atoms with Crippen LogP contribution >= 0.6 is 0 Å². The minimum Gasteiger partial charge on any atom is -0.493 e. The fourth-order valence-corrected chi connectivity index (χ4v) is 3.62. The molecule has 28 heavy (non-hydrogen) atoms. The standard InChI is InChI=1S/C23H23N2O3/c1-27-21-12-11-17(13-22(21)28-19-9-5-6-10-19)20(16-7-3-2-4-8-16)14-18-15-24-23(26)25-18/h2-4,7-8,11-15,19H,5-6,9-10H2,1H3,(H,25,26). The number of methoxy groups -OCH3 is 1. The Hall–Kier alpha value is -3.21. The molecule has 5 nitrogen and oxygen atoms in total. The number of nitrogens with one attached hydrogen (secondary N) is 1. The van der Waals surface area contributed by atoms with Crippen LogP contribution in [0.3, 0.4) is 0 Å². The molecular formula is C23H23N2O3. The Morgan fingerprint density at radius 1 is 1.07 bits per heavy atom. The molecule has 1 heterocycles. The SMILES string of the molecule is COc1ccc(C(=CC2=C[N]C(=O)N2)c2ccccc2)cc1OC1CCCC1. The van der Waals surface area contributed by atoms with E-state index in [-0.39, 0.29) is 12.1 Å². The van der Waals surface area contributed by atoms with E-state index in [2.05, 4.69) is 10.6 Å². The van der Waals surface area contributed by atoms with Gasteiger partial charge in [0.1, 0.15) is 0 Å². The first kappa shape index (κ1) is 18.2. The molecule has 0 spiro atoms. The third-order valence-corrected chi connectivity index (χ3v) is 5.03. The van der Waals surface area contributed by atoms with Gasteiger partial charge in [-0.3, -0.25) is 0 Å². The van der Waals surface area contributed by atoms with E-state index in [1.165, 1.54) is 12.8 Å². The number of allylic oxidation sites excluding steroid dienone is 1. The van der Waals surface area contributed by atoms with Crippen LogP contribution in [0.4, 0.5) is 4.79 Å². The maximum atomic E-state index is 11.4. The fourth-order valence-electron chi connectivity index (χ4n) is 3.62. The lowest BCUT2D eigenvalue weighted by atomic mass is 9.96. The predicted molar refractivity (Wildman–Crippen MR) is 108 cm³/mol. The molecule has 2 aromatic carbocycles. The number of hydrogen-bond donors (Lipinski definition) is 1. The van der Waals surface area contributed by atoms with Crippen LogP contribution in [0.2, 0.25) is 0 Å². The van der Waals surface area contributed by atoms with Crippen molar-refractivity contribution < 1.29 is 14.3 Å². The van der Waals surface area contributed by atoms with Crippen molar-refractivity contribution in [3.05, 3.63) is 77.6 Å². The molecule has 1 aliphatic carbocycles. The molecule has 1 fully saturated rings. The number of nitrogens with zero attached hydrogens (tertiary/aromatic N) is 1. The molecule has 0 atom stereocenters. The van der Waals surface area contributed by atoms with Crippen LogP contribution in [0, 0.1) is 0 Å². The van der Waals surface area contributed by atoms with Crippen LogP contribution in [0.15, 0.2) is 66.5 Å². The molecule has 2 aromatic rings. The average Bonchev–Trinajstić information content (AvgIpc) is 3.38. The Kier molecular flexibility index (Phi) is 5.33. The zero-order valence-corrected chi connectivity index (χ0v) is 15.9. The minimum absolute atomic E-state index is 0.240. The lowest BCUT2D eigenvalue weighted by molar-refractivity contribution is 0.201. The Morgan fingerprint density at radius 2 is 1.86 bits per heavy atom. The van der Waals surface area contributed by atoms with Gasteiger partial charge >= 0.3 is 6.03 Å². The minimum atomic E-state index is -0.348. The molecule has 0 bridgehead atoms. The highest BCUT2D eigenvalue weighted by atomic mass is 16.5. The van der Waals surface area contributed by atoms with E-state index in [1.807, 2.05) is 54.6 Å². The van der Waals surface area contributed by atoms with Crippen molar-refractivity contribution in [2.75, 3.05) is 7.11 Å². The highest BCUT2D eigenvalue weighted by Crippen LogP contribution is 2.36. The summed E-state index contributed by atoms with van der Waals surface area (Å²) in [5.41, 5.74) is 3.67. The van der Waals surface area contributed by atoms with Gasteiger partial charge in [-0.15, -0.1) is 0 Å². The molecule has 143 valence electrons. The summed E-state index contributed by atoms with van der Waals surface area (Å²) in [4.78, 5) is 11.4. The maximum Gasteiger partial charge on any atom is 0.345 e. The third kappa shape index (κ3) is 4.03. The van der Waals surface area contributed by atoms with Crippen molar-refractivity contribution >= 4 is 11.6 Å². The smallest absolute Gasteiger partial charge is 0.345 e. The van der Waals surface area contributed by atoms with Gasteiger partial charge in [0.2, 0.25) is 0 Å². The van der Waals surface area contributed by atoms with Crippen molar-refractivity contribution in [3.63, 3.8) is 0 Å². The molecule has 1 N–H and O–H groups in total. The van der Waals surface area contributed by atoms with E-state index in [0.717, 1.165) is 41.0 Å². The summed E-state index contributed by atoms with van der Waals surface area (Å²) in [5.74, 6) is 1.48. The maximum absolute atomic E-state index is 11.4. The fraction of sp³-hybridized carbons (Fsp3) is 0.261. The first-order valence-corrected chi connectivity index (χ1v) is 9.57. The lowest BCUT2D eigenvalue weighted by Gasteiger charge is -2.18. The second-order valence-corrected chi connectivity index (χ2v) is 6.96. The zero-order chi connectivity index (χ0) is 19.3. The molecule has 1 saturated carbocycles. The first-order valence-electron chi connectivity index (χ1n) is 9.57. The molecule has 0 unspecified atom stereocenters. The van der Waals surface area contributed by atoms with Gasteiger partial charge in [-0.2, -0.15) is 5.32 Å². The highest BCUT2D eigenvalue weighted by molar-refractivity contribution is 5.86.